The molecule has 1 aromatic rings. The van der Waals surface area contributed by atoms with Crippen LogP contribution < -0.4 is 9.47 Å². The summed E-state index contributed by atoms with van der Waals surface area (Å²) >= 11 is 0. The molecular formula is C18H24O2. The van der Waals surface area contributed by atoms with E-state index in [0.717, 1.165) is 23.5 Å². The number of allylic oxidation sites excluding steroid dienone is 4. The highest BCUT2D eigenvalue weighted by Gasteiger charge is 2.31. The molecule has 2 heteroatoms. The molecular weight excluding hydrogens is 248 g/mol. The molecule has 1 aliphatic rings. The van der Waals surface area contributed by atoms with Crippen LogP contribution >= 0.6 is 0 Å². The number of methoxy groups -OCH3 is 2. The maximum Gasteiger partial charge on any atom is 0.130 e. The Balaban J connectivity index is 2.59. The third-order valence-electron chi connectivity index (χ3n) is 3.92. The van der Waals surface area contributed by atoms with Crippen molar-refractivity contribution in [2.24, 2.45) is 11.3 Å². The first-order valence-electron chi connectivity index (χ1n) is 7.07. The predicted octanol–water partition coefficient (Wildman–Crippen LogP) is 4.71. The number of ether oxygens (including phenoxy) is 2. The highest BCUT2D eigenvalue weighted by atomic mass is 16.5. The molecule has 0 amide bonds. The normalized spacial score (nSPS) is 18.6. The van der Waals surface area contributed by atoms with Gasteiger partial charge in [-0.05, 0) is 35.5 Å². The van der Waals surface area contributed by atoms with Gasteiger partial charge in [0.25, 0.3) is 0 Å². The quantitative estimate of drug-likeness (QED) is 0.793. The van der Waals surface area contributed by atoms with Crippen LogP contribution in [0.4, 0.5) is 0 Å². The molecule has 0 aromatic heterocycles. The molecule has 2 rings (SSSR count). The monoisotopic (exact) mass is 272 g/mol. The second-order valence-electron chi connectivity index (χ2n) is 6.24. The van der Waals surface area contributed by atoms with Crippen molar-refractivity contribution in [1.82, 2.24) is 0 Å². The van der Waals surface area contributed by atoms with Crippen molar-refractivity contribution in [2.45, 2.75) is 27.2 Å². The average Bonchev–Trinajstić information content (AvgIpc) is 2.45. The summed E-state index contributed by atoms with van der Waals surface area (Å²) in [5.74, 6) is 2.21. The minimum absolute atomic E-state index is 0.197. The second kappa shape index (κ2) is 5.74. The minimum Gasteiger partial charge on any atom is -0.496 e. The Bertz CT molecular complexity index is 511. The first-order chi connectivity index (χ1) is 9.49. The predicted molar refractivity (Wildman–Crippen MR) is 84.2 cm³/mol. The molecule has 0 unspecified atom stereocenters. The van der Waals surface area contributed by atoms with Gasteiger partial charge in [0.05, 0.1) is 19.8 Å². The summed E-state index contributed by atoms with van der Waals surface area (Å²) in [6.07, 6.45) is 7.61. The standard InChI is InChI=1S/C18H24O2/c1-18(2,3)14-10-7-6-9-13(14)17-15(19-4)11-8-12-16(17)20-5/h6-9,11-12,14H,10H2,1-5H3/t14-/m0/s1. The fourth-order valence-corrected chi connectivity index (χ4v) is 2.84. The van der Waals surface area contributed by atoms with Gasteiger partial charge in [0.1, 0.15) is 11.5 Å². The topological polar surface area (TPSA) is 18.5 Å². The smallest absolute Gasteiger partial charge is 0.130 e. The first kappa shape index (κ1) is 14.7. The van der Waals surface area contributed by atoms with E-state index in [4.69, 9.17) is 9.47 Å². The van der Waals surface area contributed by atoms with Gasteiger partial charge < -0.3 is 9.47 Å². The lowest BCUT2D eigenvalue weighted by molar-refractivity contribution is 0.301. The molecule has 1 atom stereocenters. The maximum absolute atomic E-state index is 5.56. The van der Waals surface area contributed by atoms with Crippen LogP contribution in [0.3, 0.4) is 0 Å². The van der Waals surface area contributed by atoms with Crippen LogP contribution in [0.2, 0.25) is 0 Å². The van der Waals surface area contributed by atoms with Crippen molar-refractivity contribution in [2.75, 3.05) is 14.2 Å². The zero-order valence-corrected chi connectivity index (χ0v) is 13.1. The van der Waals surface area contributed by atoms with Gasteiger partial charge in [-0.15, -0.1) is 0 Å². The van der Waals surface area contributed by atoms with Crippen molar-refractivity contribution in [3.63, 3.8) is 0 Å². The number of benzene rings is 1. The third kappa shape index (κ3) is 2.74. The second-order valence-corrected chi connectivity index (χ2v) is 6.24. The molecule has 0 radical (unpaired) electrons. The zero-order chi connectivity index (χ0) is 14.8. The van der Waals surface area contributed by atoms with Gasteiger partial charge in [-0.1, -0.05) is 45.1 Å². The molecule has 1 aliphatic carbocycles. The Labute approximate surface area is 122 Å². The number of hydrogen-bond acceptors (Lipinski definition) is 2. The average molecular weight is 272 g/mol. The molecule has 2 nitrogen and oxygen atoms in total. The Kier molecular flexibility index (Phi) is 4.22. The van der Waals surface area contributed by atoms with E-state index in [1.54, 1.807) is 14.2 Å². The van der Waals surface area contributed by atoms with Crippen molar-refractivity contribution in [3.05, 3.63) is 42.0 Å². The van der Waals surface area contributed by atoms with Crippen LogP contribution in [0.5, 0.6) is 11.5 Å². The van der Waals surface area contributed by atoms with E-state index < -0.39 is 0 Å². The Morgan fingerprint density at radius 2 is 1.65 bits per heavy atom. The molecule has 0 spiro atoms. The lowest BCUT2D eigenvalue weighted by atomic mass is 9.70. The molecule has 1 aromatic carbocycles. The summed E-state index contributed by atoms with van der Waals surface area (Å²) in [5.41, 5.74) is 2.58. The SMILES string of the molecule is COc1cccc(OC)c1C1=CC=CC[C@@H]1C(C)(C)C. The van der Waals surface area contributed by atoms with Gasteiger partial charge in [-0.2, -0.15) is 0 Å². The fraction of sp³-hybridized carbons (Fsp3) is 0.444. The molecule has 0 saturated carbocycles. The summed E-state index contributed by atoms with van der Waals surface area (Å²) in [5, 5.41) is 0. The summed E-state index contributed by atoms with van der Waals surface area (Å²) in [6.45, 7) is 6.85. The molecule has 0 heterocycles. The first-order valence-corrected chi connectivity index (χ1v) is 7.07. The van der Waals surface area contributed by atoms with Crippen LogP contribution in [0, 0.1) is 11.3 Å². The van der Waals surface area contributed by atoms with Crippen LogP contribution in [-0.2, 0) is 0 Å². The summed E-state index contributed by atoms with van der Waals surface area (Å²) in [6, 6.07) is 5.96. The third-order valence-corrected chi connectivity index (χ3v) is 3.92. The highest BCUT2D eigenvalue weighted by Crippen LogP contribution is 2.47. The van der Waals surface area contributed by atoms with Crippen LogP contribution in [0.25, 0.3) is 5.57 Å². The van der Waals surface area contributed by atoms with Crippen molar-refractivity contribution in [1.29, 1.82) is 0 Å². The van der Waals surface area contributed by atoms with Gasteiger partial charge in [-0.3, -0.25) is 0 Å². The molecule has 108 valence electrons. The van der Waals surface area contributed by atoms with E-state index >= 15 is 0 Å². The molecule has 0 aliphatic heterocycles. The van der Waals surface area contributed by atoms with Gasteiger partial charge in [0.2, 0.25) is 0 Å². The van der Waals surface area contributed by atoms with Crippen molar-refractivity contribution < 1.29 is 9.47 Å². The molecule has 0 saturated heterocycles. The summed E-state index contributed by atoms with van der Waals surface area (Å²) in [7, 11) is 3.42. The van der Waals surface area contributed by atoms with E-state index in [9.17, 15) is 0 Å². The fourth-order valence-electron chi connectivity index (χ4n) is 2.84. The van der Waals surface area contributed by atoms with Gasteiger partial charge >= 0.3 is 0 Å². The molecule has 0 fully saturated rings. The lowest BCUT2D eigenvalue weighted by Crippen LogP contribution is -2.23. The molecule has 0 bridgehead atoms. The Hall–Kier alpha value is -1.70. The van der Waals surface area contributed by atoms with E-state index in [-0.39, 0.29) is 5.41 Å². The van der Waals surface area contributed by atoms with Gasteiger partial charge in [0.15, 0.2) is 0 Å². The van der Waals surface area contributed by atoms with E-state index in [1.807, 2.05) is 18.2 Å². The highest BCUT2D eigenvalue weighted by molar-refractivity contribution is 5.79. The van der Waals surface area contributed by atoms with Crippen molar-refractivity contribution in [3.8, 4) is 11.5 Å². The molecule has 0 N–H and O–H groups in total. The van der Waals surface area contributed by atoms with E-state index in [1.165, 1.54) is 5.57 Å². The Morgan fingerprint density at radius 1 is 1.05 bits per heavy atom. The van der Waals surface area contributed by atoms with Gasteiger partial charge in [0, 0.05) is 0 Å². The largest absolute Gasteiger partial charge is 0.496 e. The maximum atomic E-state index is 5.56. The zero-order valence-electron chi connectivity index (χ0n) is 13.1. The van der Waals surface area contributed by atoms with Crippen LogP contribution in [0.15, 0.2) is 36.4 Å². The van der Waals surface area contributed by atoms with E-state index in [0.29, 0.717) is 5.92 Å². The summed E-state index contributed by atoms with van der Waals surface area (Å²) < 4.78 is 11.1. The summed E-state index contributed by atoms with van der Waals surface area (Å²) in [4.78, 5) is 0. The minimum atomic E-state index is 0.197. The molecule has 20 heavy (non-hydrogen) atoms. The van der Waals surface area contributed by atoms with E-state index in [2.05, 4.69) is 39.0 Å². The Morgan fingerprint density at radius 3 is 2.15 bits per heavy atom. The van der Waals surface area contributed by atoms with Crippen LogP contribution in [-0.4, -0.2) is 14.2 Å². The van der Waals surface area contributed by atoms with Crippen LogP contribution in [0.1, 0.15) is 32.8 Å². The van der Waals surface area contributed by atoms with Gasteiger partial charge in [-0.25, -0.2) is 0 Å². The number of hydrogen-bond donors (Lipinski definition) is 0. The van der Waals surface area contributed by atoms with Crippen molar-refractivity contribution >= 4 is 5.57 Å². The number of rotatable bonds is 3. The lowest BCUT2D eigenvalue weighted by Gasteiger charge is -2.34.